The molecule has 4 nitrogen and oxygen atoms in total. The summed E-state index contributed by atoms with van der Waals surface area (Å²) in [6, 6.07) is 40.2. The second-order valence-electron chi connectivity index (χ2n) is 13.9. The van der Waals surface area contributed by atoms with E-state index < -0.39 is 0 Å². The fourth-order valence-electron chi connectivity index (χ4n) is 6.90. The SMILES string of the molecule is Cc1c[c-]c(-c2cc(C)c(C)cn2)cc1.Cc1cc(C)c(-c2cnc(-c3[c-]ccc4c3oc3nc(CCc5ccccc5)ccc34)cc2C)c(C)c1.[Ir]. The van der Waals surface area contributed by atoms with E-state index in [1.54, 1.807) is 0 Å². The first kappa shape index (κ1) is 37.5. The maximum atomic E-state index is 6.35. The van der Waals surface area contributed by atoms with Gasteiger partial charge in [-0.3, -0.25) is 0 Å². The molecule has 0 N–H and O–H groups in total. The summed E-state index contributed by atoms with van der Waals surface area (Å²) in [7, 11) is 0. The van der Waals surface area contributed by atoms with Crippen LogP contribution < -0.4 is 0 Å². The van der Waals surface area contributed by atoms with Gasteiger partial charge in [0.1, 0.15) is 0 Å². The fraction of sp³-hybridized carbons (Fsp3) is 0.188. The standard InChI is InChI=1S/C34H29N2O.C14H14N.Ir/c1-21-17-23(3)32(24(4)18-21)30-20-35-31(19-22(30)2)29-12-8-11-27-28-16-15-26(36-34(28)37-33(27)29)14-13-25-9-6-5-7-10-25;1-10-4-6-13(7-5-10)14-8-11(2)12(3)9-15-14;/h5-11,15-20H,13-14H2,1-4H3;4-6,8-9H,1-3H3;/q2*-1;. The van der Waals surface area contributed by atoms with E-state index in [0.29, 0.717) is 5.71 Å². The molecule has 4 aromatic carbocycles. The molecular weight excluding hydrogens is 827 g/mol. The Kier molecular flexibility index (Phi) is 11.5. The molecule has 0 aliphatic rings. The van der Waals surface area contributed by atoms with E-state index in [4.69, 9.17) is 14.4 Å². The van der Waals surface area contributed by atoms with Crippen molar-refractivity contribution in [1.29, 1.82) is 0 Å². The maximum Gasteiger partial charge on any atom is 0.216 e. The van der Waals surface area contributed by atoms with Crippen molar-refractivity contribution < 1.29 is 24.5 Å². The van der Waals surface area contributed by atoms with Crippen LogP contribution in [0.1, 0.15) is 50.2 Å². The van der Waals surface area contributed by atoms with Crippen molar-refractivity contribution in [3.05, 3.63) is 172 Å². The van der Waals surface area contributed by atoms with Crippen LogP contribution >= 0.6 is 0 Å². The van der Waals surface area contributed by atoms with Crippen LogP contribution in [0.2, 0.25) is 0 Å². The molecule has 4 heterocycles. The van der Waals surface area contributed by atoms with Crippen molar-refractivity contribution in [3.8, 4) is 33.6 Å². The van der Waals surface area contributed by atoms with Gasteiger partial charge in [0, 0.05) is 49.1 Å². The van der Waals surface area contributed by atoms with Crippen LogP contribution in [-0.4, -0.2) is 15.0 Å². The van der Waals surface area contributed by atoms with Crippen LogP contribution in [-0.2, 0) is 32.9 Å². The summed E-state index contributed by atoms with van der Waals surface area (Å²) < 4.78 is 6.35. The number of fused-ring (bicyclic) bond motifs is 3. The molecule has 0 aliphatic carbocycles. The number of nitrogens with zero attached hydrogens (tertiary/aromatic N) is 3. The average Bonchev–Trinajstić information content (AvgIpc) is 3.51. The molecule has 0 bridgehead atoms. The molecule has 0 saturated carbocycles. The van der Waals surface area contributed by atoms with Gasteiger partial charge < -0.3 is 14.4 Å². The summed E-state index contributed by atoms with van der Waals surface area (Å²) in [6.07, 6.45) is 5.73. The maximum absolute atomic E-state index is 6.35. The summed E-state index contributed by atoms with van der Waals surface area (Å²) in [5.74, 6) is 0. The van der Waals surface area contributed by atoms with Crippen molar-refractivity contribution in [2.45, 2.75) is 61.3 Å². The predicted octanol–water partition coefficient (Wildman–Crippen LogP) is 12.0. The fourth-order valence-corrected chi connectivity index (χ4v) is 6.90. The molecule has 0 amide bonds. The molecule has 0 aliphatic heterocycles. The molecule has 0 fully saturated rings. The second-order valence-corrected chi connectivity index (χ2v) is 13.9. The molecule has 5 heteroatoms. The molecular formula is C48H43IrN3O-2. The zero-order valence-corrected chi connectivity index (χ0v) is 33.8. The second kappa shape index (κ2) is 16.2. The van der Waals surface area contributed by atoms with Crippen LogP contribution in [0.15, 0.2) is 114 Å². The Labute approximate surface area is 326 Å². The van der Waals surface area contributed by atoms with Crippen molar-refractivity contribution in [3.63, 3.8) is 0 Å². The Morgan fingerprint density at radius 2 is 1.34 bits per heavy atom. The first-order valence-corrected chi connectivity index (χ1v) is 17.9. The Morgan fingerprint density at radius 1 is 0.604 bits per heavy atom. The number of aromatic nitrogens is 3. The molecule has 1 radical (unpaired) electrons. The summed E-state index contributed by atoms with van der Waals surface area (Å²) in [6.45, 7) is 14.9. The molecule has 0 spiro atoms. The zero-order valence-electron chi connectivity index (χ0n) is 31.4. The van der Waals surface area contributed by atoms with Gasteiger partial charge in [-0.15, -0.1) is 53.6 Å². The summed E-state index contributed by atoms with van der Waals surface area (Å²) >= 11 is 0. The van der Waals surface area contributed by atoms with Crippen LogP contribution in [0, 0.1) is 60.6 Å². The van der Waals surface area contributed by atoms with Gasteiger partial charge in [-0.05, 0) is 111 Å². The van der Waals surface area contributed by atoms with Crippen molar-refractivity contribution >= 4 is 22.1 Å². The molecule has 0 saturated heterocycles. The number of hydrogen-bond donors (Lipinski definition) is 0. The molecule has 0 atom stereocenters. The summed E-state index contributed by atoms with van der Waals surface area (Å²) in [4.78, 5) is 14.1. The van der Waals surface area contributed by atoms with Gasteiger partial charge in [-0.2, -0.15) is 0 Å². The van der Waals surface area contributed by atoms with Gasteiger partial charge in [0.05, 0.1) is 5.58 Å². The number of pyridine rings is 3. The first-order valence-electron chi connectivity index (χ1n) is 17.9. The first-order chi connectivity index (χ1) is 25.1. The normalized spacial score (nSPS) is 10.9. The minimum absolute atomic E-state index is 0. The third-order valence-electron chi connectivity index (χ3n) is 9.80. The Hall–Kier alpha value is -5.22. The van der Waals surface area contributed by atoms with Gasteiger partial charge in [-0.1, -0.05) is 83.6 Å². The summed E-state index contributed by atoms with van der Waals surface area (Å²) in [5.41, 5.74) is 18.7. The Morgan fingerprint density at radius 3 is 2.04 bits per heavy atom. The molecule has 8 rings (SSSR count). The van der Waals surface area contributed by atoms with Crippen molar-refractivity contribution in [2.24, 2.45) is 0 Å². The number of furan rings is 1. The number of aryl methyl sites for hydroxylation is 9. The number of benzene rings is 4. The van der Waals surface area contributed by atoms with E-state index in [0.717, 1.165) is 57.4 Å². The van der Waals surface area contributed by atoms with E-state index in [1.807, 2.05) is 30.6 Å². The van der Waals surface area contributed by atoms with Gasteiger partial charge in [-0.25, -0.2) is 4.98 Å². The zero-order chi connectivity index (χ0) is 36.4. The van der Waals surface area contributed by atoms with Gasteiger partial charge in [0.25, 0.3) is 0 Å². The molecule has 267 valence electrons. The molecule has 53 heavy (non-hydrogen) atoms. The van der Waals surface area contributed by atoms with Gasteiger partial charge in [0.15, 0.2) is 0 Å². The Bertz CT molecular complexity index is 2510. The van der Waals surface area contributed by atoms with Crippen molar-refractivity contribution in [2.75, 3.05) is 0 Å². The third-order valence-corrected chi connectivity index (χ3v) is 9.80. The largest absolute Gasteiger partial charge is 0.486 e. The van der Waals surface area contributed by atoms with E-state index in [9.17, 15) is 0 Å². The topological polar surface area (TPSA) is 51.8 Å². The molecule has 8 aromatic rings. The van der Waals surface area contributed by atoms with E-state index in [-0.39, 0.29) is 20.1 Å². The van der Waals surface area contributed by atoms with Gasteiger partial charge in [0.2, 0.25) is 5.71 Å². The quantitative estimate of drug-likeness (QED) is 0.156. The van der Waals surface area contributed by atoms with Crippen LogP contribution in [0.25, 0.3) is 55.7 Å². The van der Waals surface area contributed by atoms with E-state index in [1.165, 1.54) is 55.6 Å². The van der Waals surface area contributed by atoms with Crippen LogP contribution in [0.5, 0.6) is 0 Å². The number of rotatable bonds is 6. The van der Waals surface area contributed by atoms with Crippen LogP contribution in [0.4, 0.5) is 0 Å². The smallest absolute Gasteiger partial charge is 0.216 e. The van der Waals surface area contributed by atoms with Gasteiger partial charge >= 0.3 is 0 Å². The van der Waals surface area contributed by atoms with E-state index >= 15 is 0 Å². The average molecular weight is 870 g/mol. The minimum atomic E-state index is 0. The monoisotopic (exact) mass is 870 g/mol. The third kappa shape index (κ3) is 8.23. The summed E-state index contributed by atoms with van der Waals surface area (Å²) in [5, 5.41) is 2.06. The van der Waals surface area contributed by atoms with Crippen LogP contribution in [0.3, 0.4) is 0 Å². The predicted molar refractivity (Wildman–Crippen MR) is 215 cm³/mol. The number of hydrogen-bond acceptors (Lipinski definition) is 4. The van der Waals surface area contributed by atoms with Crippen molar-refractivity contribution in [1.82, 2.24) is 15.0 Å². The minimum Gasteiger partial charge on any atom is -0.486 e. The van der Waals surface area contributed by atoms with E-state index in [2.05, 4.69) is 144 Å². The Balaban J connectivity index is 0.000000252. The molecule has 0 unspecified atom stereocenters. The molecule has 4 aromatic heterocycles.